The number of nitrogens with zero attached hydrogens (tertiary/aromatic N) is 1. The minimum absolute atomic E-state index is 0.0606. The summed E-state index contributed by atoms with van der Waals surface area (Å²) >= 11 is 0. The Labute approximate surface area is 126 Å². The third kappa shape index (κ3) is 4.06. The molecule has 0 radical (unpaired) electrons. The van der Waals surface area contributed by atoms with Crippen molar-refractivity contribution in [1.29, 1.82) is 0 Å². The topological polar surface area (TPSA) is 86.3 Å². The third-order valence-electron chi connectivity index (χ3n) is 3.75. The number of hydrogen-bond acceptors (Lipinski definition) is 4. The van der Waals surface area contributed by atoms with Gasteiger partial charge in [0.05, 0.1) is 11.0 Å². The molecule has 2 heterocycles. The van der Waals surface area contributed by atoms with E-state index in [0.29, 0.717) is 30.9 Å². The summed E-state index contributed by atoms with van der Waals surface area (Å²) in [5.41, 5.74) is 6.53. The van der Waals surface area contributed by atoms with Crippen LogP contribution in [0.4, 0.5) is 0 Å². The number of aryl methyl sites for hydroxylation is 1. The molecule has 1 aliphatic heterocycles. The highest BCUT2D eigenvalue weighted by atomic mass is 32.2. The van der Waals surface area contributed by atoms with Crippen LogP contribution in [0, 0.1) is 0 Å². The van der Waals surface area contributed by atoms with Crippen LogP contribution in [0.15, 0.2) is 17.2 Å². The van der Waals surface area contributed by atoms with Crippen molar-refractivity contribution >= 4 is 10.0 Å². The normalized spacial score (nSPS) is 23.4. The second kappa shape index (κ2) is 6.91. The summed E-state index contributed by atoms with van der Waals surface area (Å²) in [5, 5.41) is 0. The molecule has 2 atom stereocenters. The summed E-state index contributed by atoms with van der Waals surface area (Å²) in [6.45, 7) is 5.72. The maximum atomic E-state index is 12.5. The van der Waals surface area contributed by atoms with Gasteiger partial charge in [0.25, 0.3) is 0 Å². The molecular formula is C14H25N3O3S. The van der Waals surface area contributed by atoms with Crippen LogP contribution in [0.5, 0.6) is 0 Å². The summed E-state index contributed by atoms with van der Waals surface area (Å²) in [4.78, 5) is 0.301. The van der Waals surface area contributed by atoms with Crippen molar-refractivity contribution in [2.75, 3.05) is 6.61 Å². The predicted molar refractivity (Wildman–Crippen MR) is 81.4 cm³/mol. The molecular weight excluding hydrogens is 290 g/mol. The number of ether oxygens (including phenoxy) is 1. The van der Waals surface area contributed by atoms with E-state index in [9.17, 15) is 8.42 Å². The van der Waals surface area contributed by atoms with Gasteiger partial charge in [-0.05, 0) is 32.3 Å². The van der Waals surface area contributed by atoms with Crippen LogP contribution in [0.1, 0.15) is 38.8 Å². The molecule has 0 aromatic carbocycles. The van der Waals surface area contributed by atoms with Gasteiger partial charge in [-0.25, -0.2) is 13.1 Å². The minimum atomic E-state index is -3.50. The lowest BCUT2D eigenvalue weighted by atomic mass is 10.1. The Balaban J connectivity index is 2.15. The quantitative estimate of drug-likeness (QED) is 0.826. The smallest absolute Gasteiger partial charge is 0.242 e. The van der Waals surface area contributed by atoms with Crippen molar-refractivity contribution in [3.63, 3.8) is 0 Å². The molecule has 120 valence electrons. The Bertz CT molecular complexity index is 568. The molecule has 2 rings (SSSR count). The summed E-state index contributed by atoms with van der Waals surface area (Å²) in [6, 6.07) is 1.61. The summed E-state index contributed by atoms with van der Waals surface area (Å²) in [6.07, 6.45) is 4.13. The molecule has 6 nitrogen and oxygen atoms in total. The Kier molecular flexibility index (Phi) is 5.43. The van der Waals surface area contributed by atoms with Crippen LogP contribution >= 0.6 is 0 Å². The van der Waals surface area contributed by atoms with Crippen molar-refractivity contribution < 1.29 is 13.2 Å². The van der Waals surface area contributed by atoms with E-state index in [1.165, 1.54) is 0 Å². The first-order chi connectivity index (χ1) is 9.96. The maximum absolute atomic E-state index is 12.5. The summed E-state index contributed by atoms with van der Waals surface area (Å²) < 4.78 is 35.1. The zero-order chi connectivity index (χ0) is 15.5. The van der Waals surface area contributed by atoms with Gasteiger partial charge >= 0.3 is 0 Å². The van der Waals surface area contributed by atoms with E-state index < -0.39 is 10.0 Å². The van der Waals surface area contributed by atoms with E-state index in [-0.39, 0.29) is 12.1 Å². The second-order valence-corrected chi connectivity index (χ2v) is 7.30. The molecule has 1 aromatic heterocycles. The number of hydrogen-bond donors (Lipinski definition) is 2. The van der Waals surface area contributed by atoms with Crippen LogP contribution in [-0.4, -0.2) is 31.7 Å². The Hall–Kier alpha value is -0.890. The fraction of sp³-hybridized carbons (Fsp3) is 0.714. The molecule has 2 unspecified atom stereocenters. The van der Waals surface area contributed by atoms with E-state index in [0.717, 1.165) is 18.7 Å². The molecule has 1 aromatic rings. The van der Waals surface area contributed by atoms with Gasteiger partial charge in [0.1, 0.15) is 0 Å². The van der Waals surface area contributed by atoms with Gasteiger partial charge in [0.15, 0.2) is 0 Å². The van der Waals surface area contributed by atoms with E-state index in [4.69, 9.17) is 10.5 Å². The van der Waals surface area contributed by atoms with Crippen molar-refractivity contribution in [3.05, 3.63) is 18.0 Å². The van der Waals surface area contributed by atoms with E-state index >= 15 is 0 Å². The number of nitrogens with two attached hydrogens (primary N) is 1. The van der Waals surface area contributed by atoms with E-state index in [2.05, 4.69) is 11.6 Å². The van der Waals surface area contributed by atoms with Crippen LogP contribution in [0.2, 0.25) is 0 Å². The van der Waals surface area contributed by atoms with Gasteiger partial charge in [0.2, 0.25) is 10.0 Å². The Morgan fingerprint density at radius 3 is 2.90 bits per heavy atom. The molecule has 1 saturated heterocycles. The summed E-state index contributed by atoms with van der Waals surface area (Å²) in [5.74, 6) is 0. The van der Waals surface area contributed by atoms with Gasteiger partial charge in [0, 0.05) is 37.6 Å². The van der Waals surface area contributed by atoms with Crippen molar-refractivity contribution in [2.24, 2.45) is 5.73 Å². The number of sulfonamides is 1. The highest BCUT2D eigenvalue weighted by Crippen LogP contribution is 2.19. The molecule has 7 heteroatoms. The lowest BCUT2D eigenvalue weighted by Gasteiger charge is -2.27. The first kappa shape index (κ1) is 16.5. The molecule has 0 spiro atoms. The lowest BCUT2D eigenvalue weighted by molar-refractivity contribution is 0.0173. The number of aromatic nitrogens is 1. The SMILES string of the molecule is CCCn1cc(S(=O)(=O)NC2CCOC(C)C2)cc1CN. The lowest BCUT2D eigenvalue weighted by Crippen LogP contribution is -2.41. The fourth-order valence-corrected chi connectivity index (χ4v) is 4.03. The van der Waals surface area contributed by atoms with Gasteiger partial charge in [-0.15, -0.1) is 0 Å². The van der Waals surface area contributed by atoms with Crippen LogP contribution in [0.25, 0.3) is 0 Å². The van der Waals surface area contributed by atoms with Gasteiger partial charge in [-0.2, -0.15) is 0 Å². The molecule has 3 N–H and O–H groups in total. The summed E-state index contributed by atoms with van der Waals surface area (Å²) in [7, 11) is -3.50. The van der Waals surface area contributed by atoms with Crippen molar-refractivity contribution in [1.82, 2.24) is 9.29 Å². The standard InChI is InChI=1S/C14H25N3O3S/c1-3-5-17-10-14(8-13(17)9-15)21(18,19)16-12-4-6-20-11(2)7-12/h8,10-12,16H,3-7,9,15H2,1-2H3. The molecule has 1 aliphatic rings. The number of rotatable bonds is 6. The van der Waals surface area contributed by atoms with Crippen molar-refractivity contribution in [2.45, 2.75) is 63.2 Å². The van der Waals surface area contributed by atoms with Crippen LogP contribution in [-0.2, 0) is 27.8 Å². The molecule has 0 bridgehead atoms. The first-order valence-corrected chi connectivity index (χ1v) is 8.97. The van der Waals surface area contributed by atoms with Crippen LogP contribution in [0.3, 0.4) is 0 Å². The monoisotopic (exact) mass is 315 g/mol. The van der Waals surface area contributed by atoms with E-state index in [1.54, 1.807) is 12.3 Å². The number of nitrogens with one attached hydrogen (secondary N) is 1. The minimum Gasteiger partial charge on any atom is -0.378 e. The van der Waals surface area contributed by atoms with Gasteiger partial charge < -0.3 is 15.0 Å². The largest absolute Gasteiger partial charge is 0.378 e. The van der Waals surface area contributed by atoms with Crippen LogP contribution < -0.4 is 10.5 Å². The Morgan fingerprint density at radius 2 is 2.29 bits per heavy atom. The highest BCUT2D eigenvalue weighted by molar-refractivity contribution is 7.89. The van der Waals surface area contributed by atoms with Gasteiger partial charge in [-0.3, -0.25) is 0 Å². The van der Waals surface area contributed by atoms with E-state index in [1.807, 2.05) is 11.5 Å². The third-order valence-corrected chi connectivity index (χ3v) is 5.24. The predicted octanol–water partition coefficient (Wildman–Crippen LogP) is 1.20. The zero-order valence-electron chi connectivity index (χ0n) is 12.7. The Morgan fingerprint density at radius 1 is 1.52 bits per heavy atom. The van der Waals surface area contributed by atoms with Crippen molar-refractivity contribution in [3.8, 4) is 0 Å². The average Bonchev–Trinajstić information content (AvgIpc) is 2.83. The molecule has 1 fully saturated rings. The second-order valence-electron chi connectivity index (χ2n) is 5.59. The average molecular weight is 315 g/mol. The zero-order valence-corrected chi connectivity index (χ0v) is 13.5. The molecule has 0 amide bonds. The fourth-order valence-electron chi connectivity index (χ4n) is 2.69. The molecule has 0 saturated carbocycles. The molecule has 0 aliphatic carbocycles. The van der Waals surface area contributed by atoms with Gasteiger partial charge in [-0.1, -0.05) is 6.92 Å². The highest BCUT2D eigenvalue weighted by Gasteiger charge is 2.26. The maximum Gasteiger partial charge on any atom is 0.242 e. The first-order valence-electron chi connectivity index (χ1n) is 7.49. The molecule has 21 heavy (non-hydrogen) atoms.